The number of nitrogens with one attached hydrogen (secondary N) is 2. The lowest BCUT2D eigenvalue weighted by atomic mass is 10.6. The van der Waals surface area contributed by atoms with Crippen LogP contribution in [-0.4, -0.2) is 86.7 Å². The zero-order valence-corrected chi connectivity index (χ0v) is 17.3. The van der Waals surface area contributed by atoms with Crippen molar-refractivity contribution in [3.05, 3.63) is 0 Å². The van der Waals surface area contributed by atoms with Crippen molar-refractivity contribution < 1.29 is 30.2 Å². The Bertz CT molecular complexity index is 363. The first-order valence-electron chi connectivity index (χ1n) is 8.94. The summed E-state index contributed by atoms with van der Waals surface area (Å²) in [6.07, 6.45) is 0. The average Bonchev–Trinajstić information content (AvgIpc) is 2.60. The molecule has 0 atom stereocenters. The largest absolute Gasteiger partial charge is 0.378 e. The lowest BCUT2D eigenvalue weighted by Gasteiger charge is -2.10. The van der Waals surface area contributed by atoms with E-state index in [0.717, 1.165) is 6.54 Å². The fourth-order valence-corrected chi connectivity index (χ4v) is 2.06. The molecule has 0 heterocycles. The number of rotatable bonds is 17. The van der Waals surface area contributed by atoms with Crippen LogP contribution in [0.25, 0.3) is 0 Å². The molecule has 0 fully saturated rings. The first-order chi connectivity index (χ1) is 12.0. The van der Waals surface area contributed by atoms with E-state index in [2.05, 4.69) is 10.0 Å². The lowest BCUT2D eigenvalue weighted by Crippen LogP contribution is -2.33. The van der Waals surface area contributed by atoms with E-state index in [4.69, 9.17) is 18.9 Å². The molecule has 0 aliphatic heterocycles. The van der Waals surface area contributed by atoms with E-state index in [9.17, 15) is 8.42 Å². The Morgan fingerprint density at radius 1 is 0.760 bits per heavy atom. The van der Waals surface area contributed by atoms with Crippen LogP contribution in [0.4, 0.5) is 0 Å². The molecule has 25 heavy (non-hydrogen) atoms. The van der Waals surface area contributed by atoms with Crippen LogP contribution in [0.1, 0.15) is 30.5 Å². The van der Waals surface area contributed by atoms with E-state index in [1.807, 2.05) is 20.9 Å². The molecule has 0 spiro atoms. The Hall–Kier alpha value is -0.290. The van der Waals surface area contributed by atoms with Gasteiger partial charge in [-0.25, -0.2) is 13.1 Å². The molecule has 0 aromatic rings. The highest BCUT2D eigenvalue weighted by atomic mass is 32.2. The minimum atomic E-state index is -3.21. The van der Waals surface area contributed by atoms with Gasteiger partial charge in [0.25, 0.3) is 0 Å². The van der Waals surface area contributed by atoms with Crippen molar-refractivity contribution in [2.75, 3.05) is 73.0 Å². The molecule has 0 aromatic carbocycles. The predicted molar refractivity (Wildman–Crippen MR) is 105 cm³/mol. The third kappa shape index (κ3) is 19.9. The monoisotopic (exact) mass is 390 g/mol. The summed E-state index contributed by atoms with van der Waals surface area (Å²) in [4.78, 5) is 0. The Morgan fingerprint density at radius 3 is 1.48 bits per heavy atom. The lowest BCUT2D eigenvalue weighted by molar-refractivity contribution is -0.000715. The van der Waals surface area contributed by atoms with E-state index in [1.54, 1.807) is 13.8 Å². The van der Waals surface area contributed by atoms with Gasteiger partial charge in [0.2, 0.25) is 10.0 Å². The summed E-state index contributed by atoms with van der Waals surface area (Å²) >= 11 is 0. The third-order valence-corrected chi connectivity index (χ3v) is 4.63. The van der Waals surface area contributed by atoms with Crippen molar-refractivity contribution in [2.24, 2.45) is 0 Å². The second kappa shape index (κ2) is 20.0. The van der Waals surface area contributed by atoms with Crippen LogP contribution in [0.3, 0.4) is 0 Å². The van der Waals surface area contributed by atoms with Gasteiger partial charge in [0.1, 0.15) is 0 Å². The normalized spacial score (nSPS) is 11.4. The van der Waals surface area contributed by atoms with Crippen LogP contribution in [0, 0.1) is 0 Å². The Morgan fingerprint density at radius 2 is 1.12 bits per heavy atom. The Kier molecular flexibility index (Phi) is 21.6. The number of sulfonamides is 1. The van der Waals surface area contributed by atoms with Gasteiger partial charge in [-0.15, -0.1) is 0 Å². The Balaban J connectivity index is -0.000000637. The molecule has 0 unspecified atom stereocenters. The third-order valence-electron chi connectivity index (χ3n) is 2.78. The molecule has 0 bridgehead atoms. The Labute approximate surface area is 157 Å². The molecule has 0 aliphatic carbocycles. The molecule has 2 N–H and O–H groups in total. The van der Waals surface area contributed by atoms with Crippen LogP contribution in [0.15, 0.2) is 0 Å². The highest BCUT2D eigenvalue weighted by Gasteiger charge is 2.13. The second-order valence-electron chi connectivity index (χ2n) is 5.04. The summed E-state index contributed by atoms with van der Waals surface area (Å²) < 4.78 is 46.6. The summed E-state index contributed by atoms with van der Waals surface area (Å²) in [7, 11) is -1.33. The number of hydrogen-bond donors (Lipinski definition) is 2. The van der Waals surface area contributed by atoms with Crippen LogP contribution in [-0.2, 0) is 29.0 Å². The van der Waals surface area contributed by atoms with Gasteiger partial charge in [-0.1, -0.05) is 13.8 Å². The van der Waals surface area contributed by atoms with Gasteiger partial charge in [0, 0.05) is 15.9 Å². The van der Waals surface area contributed by atoms with Crippen LogP contribution in [0.2, 0.25) is 0 Å². The molecule has 0 rings (SSSR count). The molecule has 0 saturated heterocycles. The zero-order valence-electron chi connectivity index (χ0n) is 16.5. The average molecular weight is 391 g/mol. The van der Waals surface area contributed by atoms with Gasteiger partial charge < -0.3 is 24.3 Å². The van der Waals surface area contributed by atoms with Crippen LogP contribution >= 0.6 is 0 Å². The van der Waals surface area contributed by atoms with Crippen LogP contribution in [0.5, 0.6) is 0 Å². The summed E-state index contributed by atoms with van der Waals surface area (Å²) in [5.41, 5.74) is 0. The van der Waals surface area contributed by atoms with Crippen molar-refractivity contribution >= 4 is 10.0 Å². The van der Waals surface area contributed by atoms with Crippen molar-refractivity contribution in [3.8, 4) is 0 Å². The van der Waals surface area contributed by atoms with E-state index in [-0.39, 0.29) is 9.40 Å². The first kappa shape index (κ1) is 26.9. The highest BCUT2D eigenvalue weighted by Crippen LogP contribution is 1.94. The van der Waals surface area contributed by atoms with Gasteiger partial charge in [0.15, 0.2) is 0 Å². The molecular formula is C16H42N2O6S. The fourth-order valence-electron chi connectivity index (χ4n) is 1.36. The van der Waals surface area contributed by atoms with E-state index < -0.39 is 15.3 Å². The second-order valence-corrected chi connectivity index (χ2v) is 7.36. The maximum atomic E-state index is 11.4. The molecule has 0 amide bonds. The van der Waals surface area contributed by atoms with Crippen molar-refractivity contribution in [1.82, 2.24) is 10.0 Å². The topological polar surface area (TPSA) is 95.1 Å². The SMILES string of the molecule is CC.CNCCOCCOCCOCCOCCNS(=O)(=O)C(C)C.[HH].[HH]. The first-order valence-corrected chi connectivity index (χ1v) is 10.5. The number of likely N-dealkylation sites (N-methyl/N-ethyl adjacent to an activating group) is 1. The zero-order chi connectivity index (χ0) is 19.4. The number of hydrogen-bond acceptors (Lipinski definition) is 7. The highest BCUT2D eigenvalue weighted by molar-refractivity contribution is 7.90. The molecule has 0 aliphatic rings. The fraction of sp³-hybridized carbons (Fsp3) is 1.00. The molecule has 158 valence electrons. The van der Waals surface area contributed by atoms with Gasteiger partial charge in [0.05, 0.1) is 58.1 Å². The van der Waals surface area contributed by atoms with E-state index >= 15 is 0 Å². The molecule has 0 aromatic heterocycles. The van der Waals surface area contributed by atoms with E-state index in [1.165, 1.54) is 0 Å². The van der Waals surface area contributed by atoms with Crippen molar-refractivity contribution in [2.45, 2.75) is 32.9 Å². The molecule has 0 saturated carbocycles. The number of ether oxygens (including phenoxy) is 4. The minimum absolute atomic E-state index is 0. The van der Waals surface area contributed by atoms with Crippen LogP contribution < -0.4 is 10.0 Å². The summed E-state index contributed by atoms with van der Waals surface area (Å²) in [6.45, 7) is 12.4. The standard InChI is InChI=1S/C14H32N2O6S.C2H6.2H2/c1-14(2)23(17,18)16-5-7-20-9-11-22-13-12-21-10-8-19-6-4-15-3;1-2;;/h14-16H,4-13H2,1-3H3;1-2H3;2*1H. The summed E-state index contributed by atoms with van der Waals surface area (Å²) in [5, 5.41) is 2.56. The van der Waals surface area contributed by atoms with Crippen molar-refractivity contribution in [3.63, 3.8) is 0 Å². The predicted octanol–water partition coefficient (Wildman–Crippen LogP) is 1.12. The molecule has 0 radical (unpaired) electrons. The smallest absolute Gasteiger partial charge is 0.214 e. The minimum Gasteiger partial charge on any atom is -0.378 e. The summed E-state index contributed by atoms with van der Waals surface area (Å²) in [5.74, 6) is 0. The molecule has 9 heteroatoms. The van der Waals surface area contributed by atoms with Gasteiger partial charge in [-0.05, 0) is 20.9 Å². The maximum absolute atomic E-state index is 11.4. The summed E-state index contributed by atoms with van der Waals surface area (Å²) in [6, 6.07) is 0. The van der Waals surface area contributed by atoms with Gasteiger partial charge in [-0.3, -0.25) is 0 Å². The van der Waals surface area contributed by atoms with Crippen molar-refractivity contribution in [1.29, 1.82) is 0 Å². The molecular weight excluding hydrogens is 348 g/mol. The van der Waals surface area contributed by atoms with Gasteiger partial charge >= 0.3 is 0 Å². The molecule has 8 nitrogen and oxygen atoms in total. The quantitative estimate of drug-likeness (QED) is 0.359. The van der Waals surface area contributed by atoms with Gasteiger partial charge in [-0.2, -0.15) is 0 Å². The van der Waals surface area contributed by atoms with E-state index in [0.29, 0.717) is 52.9 Å². The maximum Gasteiger partial charge on any atom is 0.214 e.